The quantitative estimate of drug-likeness (QED) is 0.724. The maximum Gasteiger partial charge on any atom is 0.290 e. The lowest BCUT2D eigenvalue weighted by Crippen LogP contribution is -2.59. The van der Waals surface area contributed by atoms with Gasteiger partial charge < -0.3 is 24.8 Å². The number of carbonyl (C=O) groups excluding carboxylic acids is 1. The largest absolute Gasteiger partial charge is 0.490 e. The number of carbonyl (C=O) groups is 1. The van der Waals surface area contributed by atoms with Gasteiger partial charge in [-0.1, -0.05) is 12.1 Å². The Kier molecular flexibility index (Phi) is 4.07. The molecule has 1 aliphatic carbocycles. The SMILES string of the molecule is C[C@H]1[C@H](O)CN1c1nc(-c2ccc3c(c2)OC[C@]32COCC(=O)N2)c2c(n1)C(F)(F)CC2. The minimum absolute atomic E-state index is 0.0167. The summed E-state index contributed by atoms with van der Waals surface area (Å²) in [5.41, 5.74) is 1.36. The number of aliphatic hydroxyl groups excluding tert-OH is 1. The summed E-state index contributed by atoms with van der Waals surface area (Å²) < 4.78 is 40.6. The molecule has 3 atom stereocenters. The lowest BCUT2D eigenvalue weighted by atomic mass is 9.90. The first-order valence-corrected chi connectivity index (χ1v) is 10.7. The van der Waals surface area contributed by atoms with Crippen molar-refractivity contribution in [2.75, 3.05) is 31.3 Å². The highest BCUT2D eigenvalue weighted by atomic mass is 19.3. The van der Waals surface area contributed by atoms with E-state index in [1.807, 2.05) is 19.1 Å². The lowest BCUT2D eigenvalue weighted by Gasteiger charge is -2.43. The Bertz CT molecular complexity index is 1140. The summed E-state index contributed by atoms with van der Waals surface area (Å²) in [5.74, 6) is -2.46. The molecule has 1 aromatic heterocycles. The number of aliphatic hydroxyl groups is 1. The molecule has 0 saturated carbocycles. The molecular weight excluding hydrogens is 422 g/mol. The van der Waals surface area contributed by atoms with E-state index in [-0.39, 0.29) is 49.6 Å². The zero-order valence-electron chi connectivity index (χ0n) is 17.4. The predicted octanol–water partition coefficient (Wildman–Crippen LogP) is 1.49. The molecule has 1 amide bonds. The molecule has 1 aromatic carbocycles. The minimum atomic E-state index is -3.02. The molecule has 2 aromatic rings. The van der Waals surface area contributed by atoms with Crippen LogP contribution >= 0.6 is 0 Å². The van der Waals surface area contributed by atoms with E-state index in [2.05, 4.69) is 15.3 Å². The smallest absolute Gasteiger partial charge is 0.290 e. The summed E-state index contributed by atoms with van der Waals surface area (Å²) in [6.45, 7) is 2.68. The maximum atomic E-state index is 14.6. The van der Waals surface area contributed by atoms with Gasteiger partial charge in [0.1, 0.15) is 30.2 Å². The van der Waals surface area contributed by atoms with E-state index in [1.165, 1.54) is 0 Å². The molecule has 0 radical (unpaired) electrons. The minimum Gasteiger partial charge on any atom is -0.490 e. The number of hydrogen-bond acceptors (Lipinski definition) is 7. The molecule has 4 aliphatic rings. The number of morpholine rings is 1. The number of alkyl halides is 2. The number of nitrogens with one attached hydrogen (secondary N) is 1. The van der Waals surface area contributed by atoms with Gasteiger partial charge in [0.15, 0.2) is 0 Å². The Morgan fingerprint density at radius 1 is 1.28 bits per heavy atom. The third-order valence-electron chi connectivity index (χ3n) is 6.92. The summed E-state index contributed by atoms with van der Waals surface area (Å²) in [5, 5.41) is 12.8. The molecule has 2 saturated heterocycles. The van der Waals surface area contributed by atoms with Crippen molar-refractivity contribution in [1.82, 2.24) is 15.3 Å². The standard InChI is InChI=1S/C22H22F2N4O4/c1-11-15(29)7-28(11)20-25-18(13-4-5-22(23,24)19(13)26-20)12-2-3-14-16(6-12)32-10-21(14)9-31-8-17(30)27-21/h2-3,6,11,15,29H,4-5,7-10H2,1H3,(H,27,30)/t11-,15+,21+/m0/s1. The third-order valence-corrected chi connectivity index (χ3v) is 6.92. The number of benzene rings is 1. The van der Waals surface area contributed by atoms with Crippen molar-refractivity contribution < 1.29 is 28.2 Å². The molecule has 32 heavy (non-hydrogen) atoms. The molecule has 0 bridgehead atoms. The van der Waals surface area contributed by atoms with E-state index in [9.17, 15) is 18.7 Å². The number of amides is 1. The van der Waals surface area contributed by atoms with Crippen molar-refractivity contribution in [3.05, 3.63) is 35.0 Å². The average molecular weight is 444 g/mol. The van der Waals surface area contributed by atoms with E-state index in [0.29, 0.717) is 35.7 Å². The van der Waals surface area contributed by atoms with Crippen LogP contribution in [0.3, 0.4) is 0 Å². The summed E-state index contributed by atoms with van der Waals surface area (Å²) >= 11 is 0. The molecular formula is C22H22F2N4O4. The Morgan fingerprint density at radius 3 is 2.88 bits per heavy atom. The molecule has 0 unspecified atom stereocenters. The fraction of sp³-hybridized carbons (Fsp3) is 0.500. The number of rotatable bonds is 2. The van der Waals surface area contributed by atoms with Gasteiger partial charge in [-0.05, 0) is 19.4 Å². The molecule has 8 nitrogen and oxygen atoms in total. The Labute approximate surface area is 182 Å². The van der Waals surface area contributed by atoms with E-state index in [4.69, 9.17) is 9.47 Å². The number of halogens is 2. The lowest BCUT2D eigenvalue weighted by molar-refractivity contribution is -0.136. The molecule has 10 heteroatoms. The van der Waals surface area contributed by atoms with Crippen LogP contribution in [-0.4, -0.2) is 59.5 Å². The van der Waals surface area contributed by atoms with Gasteiger partial charge in [0.25, 0.3) is 5.92 Å². The predicted molar refractivity (Wildman–Crippen MR) is 109 cm³/mol. The first kappa shape index (κ1) is 19.8. The zero-order valence-corrected chi connectivity index (χ0v) is 17.4. The Morgan fingerprint density at radius 2 is 2.12 bits per heavy atom. The highest BCUT2D eigenvalue weighted by Gasteiger charge is 2.47. The van der Waals surface area contributed by atoms with Gasteiger partial charge in [-0.15, -0.1) is 0 Å². The van der Waals surface area contributed by atoms with Gasteiger partial charge in [0, 0.05) is 29.7 Å². The highest BCUT2D eigenvalue weighted by molar-refractivity contribution is 5.80. The zero-order chi connectivity index (χ0) is 22.3. The second-order valence-electron chi connectivity index (χ2n) is 8.99. The molecule has 3 aliphatic heterocycles. The van der Waals surface area contributed by atoms with Crippen LogP contribution < -0.4 is 15.0 Å². The van der Waals surface area contributed by atoms with Crippen LogP contribution in [0, 0.1) is 0 Å². The van der Waals surface area contributed by atoms with Crippen molar-refractivity contribution in [1.29, 1.82) is 0 Å². The van der Waals surface area contributed by atoms with Crippen LogP contribution in [0.5, 0.6) is 5.75 Å². The van der Waals surface area contributed by atoms with E-state index < -0.39 is 17.6 Å². The second-order valence-corrected chi connectivity index (χ2v) is 8.99. The number of nitrogens with zero attached hydrogens (tertiary/aromatic N) is 3. The fourth-order valence-corrected chi connectivity index (χ4v) is 4.98. The molecule has 2 N–H and O–H groups in total. The van der Waals surface area contributed by atoms with E-state index >= 15 is 0 Å². The van der Waals surface area contributed by atoms with Crippen LogP contribution in [0.1, 0.15) is 30.2 Å². The molecule has 6 rings (SSSR count). The first-order valence-electron chi connectivity index (χ1n) is 10.7. The van der Waals surface area contributed by atoms with Crippen LogP contribution in [0.4, 0.5) is 14.7 Å². The van der Waals surface area contributed by atoms with Crippen molar-refractivity contribution in [2.45, 2.75) is 43.4 Å². The number of fused-ring (bicyclic) bond motifs is 3. The molecule has 168 valence electrons. The number of β-amino-alcohol motifs (C(OH)–C–C–N with tert-alkyl or cyclic N) is 1. The van der Waals surface area contributed by atoms with Crippen LogP contribution in [-0.2, 0) is 27.4 Å². The van der Waals surface area contributed by atoms with Gasteiger partial charge >= 0.3 is 0 Å². The Hall–Kier alpha value is -2.85. The number of aromatic nitrogens is 2. The van der Waals surface area contributed by atoms with E-state index in [1.54, 1.807) is 11.0 Å². The maximum absolute atomic E-state index is 14.6. The number of anilines is 1. The fourth-order valence-electron chi connectivity index (χ4n) is 4.98. The second kappa shape index (κ2) is 6.58. The summed E-state index contributed by atoms with van der Waals surface area (Å²) in [4.78, 5) is 22.5. The average Bonchev–Trinajstić information content (AvgIpc) is 3.27. The van der Waals surface area contributed by atoms with Crippen LogP contribution in [0.25, 0.3) is 11.3 Å². The third kappa shape index (κ3) is 2.75. The monoisotopic (exact) mass is 444 g/mol. The molecule has 2 fully saturated rings. The Balaban J connectivity index is 1.44. The van der Waals surface area contributed by atoms with Gasteiger partial charge in [0.2, 0.25) is 11.9 Å². The van der Waals surface area contributed by atoms with Crippen molar-refractivity contribution in [3.63, 3.8) is 0 Å². The van der Waals surface area contributed by atoms with E-state index in [0.717, 1.165) is 5.56 Å². The molecule has 4 heterocycles. The van der Waals surface area contributed by atoms with Gasteiger partial charge in [-0.25, -0.2) is 9.97 Å². The number of hydrogen-bond donors (Lipinski definition) is 2. The van der Waals surface area contributed by atoms with Crippen molar-refractivity contribution in [2.24, 2.45) is 0 Å². The van der Waals surface area contributed by atoms with Crippen LogP contribution in [0.15, 0.2) is 18.2 Å². The van der Waals surface area contributed by atoms with Crippen molar-refractivity contribution >= 4 is 11.9 Å². The van der Waals surface area contributed by atoms with Gasteiger partial charge in [-0.3, -0.25) is 4.79 Å². The van der Waals surface area contributed by atoms with Gasteiger partial charge in [0.05, 0.1) is 24.4 Å². The highest BCUT2D eigenvalue weighted by Crippen LogP contribution is 2.46. The first-order chi connectivity index (χ1) is 15.3. The van der Waals surface area contributed by atoms with Crippen molar-refractivity contribution in [3.8, 4) is 17.0 Å². The van der Waals surface area contributed by atoms with Gasteiger partial charge in [-0.2, -0.15) is 8.78 Å². The topological polar surface area (TPSA) is 96.8 Å². The number of ether oxygens (including phenoxy) is 2. The summed E-state index contributed by atoms with van der Waals surface area (Å²) in [6.07, 6.45) is -0.658. The summed E-state index contributed by atoms with van der Waals surface area (Å²) in [6, 6.07) is 5.19. The van der Waals surface area contributed by atoms with Crippen LogP contribution in [0.2, 0.25) is 0 Å². The normalized spacial score (nSPS) is 29.9. The summed E-state index contributed by atoms with van der Waals surface area (Å²) in [7, 11) is 0. The molecule has 1 spiro atoms.